The predicted molar refractivity (Wildman–Crippen MR) is 102 cm³/mol. The first-order chi connectivity index (χ1) is 10.3. The molecule has 0 saturated carbocycles. The van der Waals surface area contributed by atoms with Gasteiger partial charge in [-0.2, -0.15) is 0 Å². The van der Waals surface area contributed by atoms with Crippen molar-refractivity contribution < 1.29 is 18.8 Å². The van der Waals surface area contributed by atoms with Crippen molar-refractivity contribution in [2.24, 2.45) is 0 Å². The van der Waals surface area contributed by atoms with Crippen molar-refractivity contribution in [3.05, 3.63) is 0 Å². The molecule has 0 aliphatic carbocycles. The van der Waals surface area contributed by atoms with Crippen molar-refractivity contribution in [1.29, 1.82) is 0 Å². The van der Waals surface area contributed by atoms with Gasteiger partial charge in [-0.25, -0.2) is 0 Å². The van der Waals surface area contributed by atoms with Gasteiger partial charge in [0.05, 0.1) is 0 Å². The second-order valence-corrected chi connectivity index (χ2v) is 7.33. The molecule has 0 aliphatic rings. The molecular formula is C19H40Al2F4. The van der Waals surface area contributed by atoms with E-state index in [1.54, 1.807) is 0 Å². The summed E-state index contributed by atoms with van der Waals surface area (Å²) >= 11 is 5.58. The summed E-state index contributed by atoms with van der Waals surface area (Å²) < 4.78 is 0. The van der Waals surface area contributed by atoms with Crippen LogP contribution in [0.15, 0.2) is 0 Å². The van der Waals surface area contributed by atoms with E-state index in [0.29, 0.717) is 0 Å². The maximum atomic E-state index is 2.79. The first kappa shape index (κ1) is 40.5. The van der Waals surface area contributed by atoms with Crippen molar-refractivity contribution in [2.45, 2.75) is 121 Å². The molecule has 0 amide bonds. The molecule has 0 radical (unpaired) electrons. The summed E-state index contributed by atoms with van der Waals surface area (Å²) in [6.07, 6.45) is 21.5. The maximum absolute atomic E-state index is 2.79. The van der Waals surface area contributed by atoms with Gasteiger partial charge in [0.25, 0.3) is 0 Å². The monoisotopic (exact) mass is 398 g/mol. The Morgan fingerprint density at radius 2 is 0.560 bits per heavy atom. The smallest absolute Gasteiger partial charge is 1.00 e. The molecule has 0 saturated heterocycles. The van der Waals surface area contributed by atoms with E-state index in [-0.39, 0.29) is 18.8 Å². The number of hydrogen-bond acceptors (Lipinski definition) is 0. The molecule has 0 unspecified atom stereocenters. The van der Waals surface area contributed by atoms with Gasteiger partial charge in [-0.05, 0) is 0 Å². The molecule has 0 fully saturated rings. The minimum absolute atomic E-state index is 0. The predicted octanol–water partition coefficient (Wildman–Crippen LogP) is -4.95. The molecule has 6 heteroatoms. The van der Waals surface area contributed by atoms with Crippen LogP contribution in [0.4, 0.5) is 0 Å². The Kier molecular flexibility index (Phi) is 71.7. The van der Waals surface area contributed by atoms with Gasteiger partial charge in [-0.15, -0.1) is 0 Å². The summed E-state index contributed by atoms with van der Waals surface area (Å²) in [5, 5.41) is 2.57. The standard InChI is InChI=1S/C10H21.C9H19.2Al.4FH/c1-3-5-7-9-10-8-6-4-2;1-3-5-7-9-8-6-4-2;;;;;;/h1,3-10H2,2H3;1,3-9H2,2H3;;;4*1H/q;;2*+2;;;;/p-4. The van der Waals surface area contributed by atoms with E-state index in [1.165, 1.54) is 107 Å². The third kappa shape index (κ3) is 51.6. The van der Waals surface area contributed by atoms with Crippen LogP contribution < -0.4 is 18.8 Å². The van der Waals surface area contributed by atoms with Gasteiger partial charge in [0.2, 0.25) is 0 Å². The van der Waals surface area contributed by atoms with E-state index in [1.807, 2.05) is 0 Å². The van der Waals surface area contributed by atoms with Crippen molar-refractivity contribution in [2.75, 3.05) is 0 Å². The largest absolute Gasteiger partial charge is 1.00 e. The zero-order valence-electron chi connectivity index (χ0n) is 16.7. The van der Waals surface area contributed by atoms with Crippen LogP contribution in [0.1, 0.15) is 110 Å². The van der Waals surface area contributed by atoms with E-state index < -0.39 is 0 Å². The summed E-state index contributed by atoms with van der Waals surface area (Å²) in [4.78, 5) is 0. The van der Waals surface area contributed by atoms with E-state index in [0.717, 1.165) is 0 Å². The summed E-state index contributed by atoms with van der Waals surface area (Å²) in [5.41, 5.74) is 0. The third-order valence-corrected chi connectivity index (χ3v) is 4.68. The molecule has 0 nitrogen and oxygen atoms in total. The van der Waals surface area contributed by atoms with Crippen LogP contribution in [0.2, 0.25) is 10.6 Å². The fourth-order valence-electron chi connectivity index (χ4n) is 2.38. The van der Waals surface area contributed by atoms with Crippen LogP contribution in [-0.2, 0) is 0 Å². The topological polar surface area (TPSA) is 0 Å². The van der Waals surface area contributed by atoms with E-state index in [2.05, 4.69) is 46.4 Å². The summed E-state index contributed by atoms with van der Waals surface area (Å²) in [6.45, 7) is 4.54. The molecule has 0 N–H and O–H groups in total. The van der Waals surface area contributed by atoms with Crippen molar-refractivity contribution >= 4 is 32.6 Å². The van der Waals surface area contributed by atoms with Crippen LogP contribution in [0.3, 0.4) is 0 Å². The second kappa shape index (κ2) is 44.3. The first-order valence-corrected chi connectivity index (χ1v) is 11.4. The minimum Gasteiger partial charge on any atom is -1.00 e. The summed E-state index contributed by atoms with van der Waals surface area (Å²) in [7, 11) is 0. The zero-order valence-corrected chi connectivity index (χ0v) is 19.0. The average Bonchev–Trinajstić information content (AvgIpc) is 2.51. The fourth-order valence-corrected chi connectivity index (χ4v) is 2.96. The van der Waals surface area contributed by atoms with Crippen LogP contribution in [-0.4, -0.2) is 32.6 Å². The Labute approximate surface area is 172 Å². The first-order valence-electron chi connectivity index (χ1n) is 9.73. The molecule has 0 atom stereocenters. The molecule has 0 spiro atoms. The zero-order chi connectivity index (χ0) is 16.0. The van der Waals surface area contributed by atoms with Crippen LogP contribution in [0, 0.1) is 0 Å². The Balaban J connectivity index is -0.0000000624. The molecule has 0 heterocycles. The van der Waals surface area contributed by atoms with Gasteiger partial charge in [0.15, 0.2) is 0 Å². The quantitative estimate of drug-likeness (QED) is 0.147. The maximum Gasteiger partial charge on any atom is -1.00 e. The molecule has 0 aliphatic heterocycles. The third-order valence-electron chi connectivity index (χ3n) is 3.87. The summed E-state index contributed by atoms with van der Waals surface area (Å²) in [5.74, 6) is 0. The van der Waals surface area contributed by atoms with Crippen molar-refractivity contribution in [1.82, 2.24) is 0 Å². The van der Waals surface area contributed by atoms with Crippen LogP contribution in [0.25, 0.3) is 0 Å². The number of rotatable bonds is 15. The van der Waals surface area contributed by atoms with E-state index in [4.69, 9.17) is 0 Å². The Morgan fingerprint density at radius 3 is 0.760 bits per heavy atom. The molecule has 150 valence electrons. The average molecular weight is 398 g/mol. The van der Waals surface area contributed by atoms with Gasteiger partial charge in [0, 0.05) is 0 Å². The normalized spacial score (nSPS) is 8.72. The number of hydrogen-bond donors (Lipinski definition) is 0. The number of halogens is 4. The van der Waals surface area contributed by atoms with Gasteiger partial charge < -0.3 is 18.8 Å². The molecule has 0 aromatic heterocycles. The molecular weight excluding hydrogens is 358 g/mol. The molecule has 25 heavy (non-hydrogen) atoms. The minimum atomic E-state index is 0. The fraction of sp³-hybridized carbons (Fsp3) is 1.00. The molecule has 0 aromatic rings. The Bertz CT molecular complexity index is 148. The number of unbranched alkanes of at least 4 members (excludes halogenated alkanes) is 13. The summed E-state index contributed by atoms with van der Waals surface area (Å²) in [6, 6.07) is 0. The van der Waals surface area contributed by atoms with E-state index >= 15 is 0 Å². The Hall–Kier alpha value is 0.785. The van der Waals surface area contributed by atoms with E-state index in [9.17, 15) is 0 Å². The molecule has 0 rings (SSSR count). The SMILES string of the molecule is CCCCCCCCC[CH2][Al+2].CCCCCCCC[CH2][Al+2].[F-].[F-].[F-].[F-]. The van der Waals surface area contributed by atoms with Gasteiger partial charge in [0.1, 0.15) is 0 Å². The van der Waals surface area contributed by atoms with Gasteiger partial charge in [-0.1, -0.05) is 0 Å². The Morgan fingerprint density at radius 1 is 0.360 bits per heavy atom. The molecule has 0 bridgehead atoms. The van der Waals surface area contributed by atoms with Gasteiger partial charge >= 0.3 is 153 Å². The van der Waals surface area contributed by atoms with Crippen molar-refractivity contribution in [3.8, 4) is 0 Å². The van der Waals surface area contributed by atoms with Gasteiger partial charge in [-0.3, -0.25) is 0 Å². The van der Waals surface area contributed by atoms with Crippen molar-refractivity contribution in [3.63, 3.8) is 0 Å². The second-order valence-electron chi connectivity index (χ2n) is 6.17. The molecule has 0 aromatic carbocycles. The van der Waals surface area contributed by atoms with Crippen LogP contribution in [0.5, 0.6) is 0 Å². The van der Waals surface area contributed by atoms with Crippen LogP contribution >= 0.6 is 0 Å².